The molecule has 0 saturated carbocycles. The van der Waals surface area contributed by atoms with Crippen molar-refractivity contribution in [1.29, 1.82) is 0 Å². The first-order valence-electron chi connectivity index (χ1n) is 9.62. The van der Waals surface area contributed by atoms with Crippen LogP contribution in [0, 0.1) is 10.1 Å². The number of non-ortho nitro benzene ring substituents is 1. The first-order valence-corrected chi connectivity index (χ1v) is 10.7. The molecule has 156 valence electrons. The Labute approximate surface area is 177 Å². The van der Waals surface area contributed by atoms with Gasteiger partial charge in [0.05, 0.1) is 16.7 Å². The van der Waals surface area contributed by atoms with Crippen LogP contribution in [0.3, 0.4) is 0 Å². The second-order valence-electron chi connectivity index (χ2n) is 7.32. The monoisotopic (exact) mass is 427 g/mol. The summed E-state index contributed by atoms with van der Waals surface area (Å²) >= 11 is 1.64. The van der Waals surface area contributed by atoms with Crippen LogP contribution in [0.5, 0.6) is 0 Å². The van der Waals surface area contributed by atoms with Crippen LogP contribution in [0.2, 0.25) is 0 Å². The molecule has 9 heteroatoms. The quantitative estimate of drug-likeness (QED) is 0.411. The third-order valence-electron chi connectivity index (χ3n) is 5.35. The van der Waals surface area contributed by atoms with Crippen LogP contribution >= 0.6 is 11.8 Å². The minimum Gasteiger partial charge on any atom is -0.458 e. The Morgan fingerprint density at radius 2 is 1.90 bits per heavy atom. The lowest BCUT2D eigenvalue weighted by atomic mass is 10.0. The van der Waals surface area contributed by atoms with Crippen molar-refractivity contribution >= 4 is 29.3 Å². The summed E-state index contributed by atoms with van der Waals surface area (Å²) in [4.78, 5) is 38.1. The van der Waals surface area contributed by atoms with E-state index < -0.39 is 16.6 Å². The van der Waals surface area contributed by atoms with Gasteiger partial charge < -0.3 is 10.1 Å². The maximum absolute atomic E-state index is 13.1. The van der Waals surface area contributed by atoms with Crippen molar-refractivity contribution in [2.75, 3.05) is 12.3 Å². The number of rotatable bonds is 7. The minimum atomic E-state index is -1.18. The van der Waals surface area contributed by atoms with Gasteiger partial charge in [0.2, 0.25) is 11.6 Å². The molecule has 2 heterocycles. The molecule has 2 unspecified atom stereocenters. The number of nitro groups is 1. The lowest BCUT2D eigenvalue weighted by Gasteiger charge is -2.44. The van der Waals surface area contributed by atoms with Crippen molar-refractivity contribution in [3.63, 3.8) is 0 Å². The van der Waals surface area contributed by atoms with E-state index in [0.717, 1.165) is 18.5 Å². The maximum Gasteiger partial charge on any atom is 0.348 e. The van der Waals surface area contributed by atoms with Crippen molar-refractivity contribution in [3.8, 4) is 0 Å². The van der Waals surface area contributed by atoms with Crippen molar-refractivity contribution < 1.29 is 19.2 Å². The Kier molecular flexibility index (Phi) is 5.74. The molecule has 0 spiro atoms. The molecule has 2 fully saturated rings. The first kappa shape index (κ1) is 20.4. The average molecular weight is 427 g/mol. The van der Waals surface area contributed by atoms with Gasteiger partial charge in [0.25, 0.3) is 5.69 Å². The van der Waals surface area contributed by atoms with Crippen LogP contribution in [-0.2, 0) is 27.4 Å². The number of nitrogens with zero attached hydrogens (tertiary/aromatic N) is 2. The fourth-order valence-corrected chi connectivity index (χ4v) is 5.17. The molecular weight excluding hydrogens is 406 g/mol. The van der Waals surface area contributed by atoms with E-state index in [1.807, 2.05) is 35.2 Å². The molecule has 2 atom stereocenters. The van der Waals surface area contributed by atoms with Gasteiger partial charge in [-0.3, -0.25) is 19.8 Å². The molecule has 30 heavy (non-hydrogen) atoms. The van der Waals surface area contributed by atoms with E-state index in [1.54, 1.807) is 23.9 Å². The Morgan fingerprint density at radius 3 is 2.50 bits per heavy atom. The largest absolute Gasteiger partial charge is 0.458 e. The zero-order valence-corrected chi connectivity index (χ0v) is 17.0. The molecule has 2 aliphatic rings. The molecule has 0 radical (unpaired) electrons. The Morgan fingerprint density at radius 1 is 1.17 bits per heavy atom. The fourth-order valence-electron chi connectivity index (χ4n) is 3.65. The molecule has 1 N–H and O–H groups in total. The standard InChI is InChI=1S/C21H21N3O5S/c25-18(12-15-4-2-1-3-5-15)22-21(14-30-19-10-11-23(19)21)20(26)29-13-16-6-8-17(9-7-16)24(27)28/h1-9,19H,10-14H2,(H,22,25). The summed E-state index contributed by atoms with van der Waals surface area (Å²) in [5.74, 6) is -0.310. The van der Waals surface area contributed by atoms with E-state index in [1.165, 1.54) is 12.1 Å². The second-order valence-corrected chi connectivity index (χ2v) is 8.48. The summed E-state index contributed by atoms with van der Waals surface area (Å²) in [5.41, 5.74) is 0.311. The number of esters is 1. The predicted molar refractivity (Wildman–Crippen MR) is 111 cm³/mol. The molecule has 4 rings (SSSR count). The molecule has 1 amide bonds. The molecule has 2 aromatic rings. The van der Waals surface area contributed by atoms with Gasteiger partial charge in [-0.1, -0.05) is 30.3 Å². The van der Waals surface area contributed by atoms with Gasteiger partial charge in [0, 0.05) is 24.4 Å². The highest BCUT2D eigenvalue weighted by Gasteiger charge is 2.58. The highest BCUT2D eigenvalue weighted by atomic mass is 32.2. The second kappa shape index (κ2) is 8.45. The average Bonchev–Trinajstić information content (AvgIpc) is 2.96. The normalized spacial score (nSPS) is 22.6. The number of ether oxygens (including phenoxy) is 1. The SMILES string of the molecule is O=C(Cc1ccccc1)NC1(C(=O)OCc2ccc([N+](=O)[O-])cc2)CSC2CCN21. The smallest absolute Gasteiger partial charge is 0.348 e. The number of nitro benzene ring substituents is 1. The zero-order chi connectivity index (χ0) is 21.1. The van der Waals surface area contributed by atoms with Crippen molar-refractivity contribution in [2.24, 2.45) is 0 Å². The summed E-state index contributed by atoms with van der Waals surface area (Å²) in [6.45, 7) is 0.701. The summed E-state index contributed by atoms with van der Waals surface area (Å²) in [5, 5.41) is 13.9. The number of benzene rings is 2. The number of nitrogens with one attached hydrogen (secondary N) is 1. The summed E-state index contributed by atoms with van der Waals surface area (Å²) < 4.78 is 5.54. The van der Waals surface area contributed by atoms with Gasteiger partial charge in [-0.25, -0.2) is 4.79 Å². The van der Waals surface area contributed by atoms with Gasteiger partial charge in [0.15, 0.2) is 0 Å². The number of fused-ring (bicyclic) bond motifs is 1. The Balaban J connectivity index is 1.44. The van der Waals surface area contributed by atoms with Crippen molar-refractivity contribution in [2.45, 2.75) is 30.5 Å². The number of thioether (sulfide) groups is 1. The number of hydrogen-bond donors (Lipinski definition) is 1. The van der Waals surface area contributed by atoms with Gasteiger partial charge in [0.1, 0.15) is 6.61 Å². The zero-order valence-electron chi connectivity index (χ0n) is 16.2. The Hall–Kier alpha value is -2.91. The van der Waals surface area contributed by atoms with Crippen LogP contribution in [0.1, 0.15) is 17.5 Å². The molecule has 0 aromatic heterocycles. The first-order chi connectivity index (χ1) is 14.5. The van der Waals surface area contributed by atoms with Crippen LogP contribution in [0.4, 0.5) is 5.69 Å². The minimum absolute atomic E-state index is 0.0176. The van der Waals surface area contributed by atoms with Crippen LogP contribution in [0.15, 0.2) is 54.6 Å². The maximum atomic E-state index is 13.1. The van der Waals surface area contributed by atoms with E-state index in [9.17, 15) is 19.7 Å². The molecule has 8 nitrogen and oxygen atoms in total. The molecule has 0 aliphatic carbocycles. The van der Waals surface area contributed by atoms with Gasteiger partial charge in [-0.05, 0) is 29.7 Å². The summed E-state index contributed by atoms with van der Waals surface area (Å²) in [7, 11) is 0. The summed E-state index contributed by atoms with van der Waals surface area (Å²) in [6.07, 6.45) is 1.15. The van der Waals surface area contributed by atoms with E-state index in [4.69, 9.17) is 4.74 Å². The fraction of sp³-hybridized carbons (Fsp3) is 0.333. The Bertz CT molecular complexity index is 953. The van der Waals surface area contributed by atoms with E-state index in [-0.39, 0.29) is 30.0 Å². The van der Waals surface area contributed by atoms with Crippen LogP contribution < -0.4 is 5.32 Å². The van der Waals surface area contributed by atoms with Crippen LogP contribution in [-0.4, -0.2) is 45.0 Å². The number of amides is 1. The lowest BCUT2D eigenvalue weighted by molar-refractivity contribution is -0.384. The van der Waals surface area contributed by atoms with Gasteiger partial charge >= 0.3 is 5.97 Å². The molecule has 2 aliphatic heterocycles. The van der Waals surface area contributed by atoms with Crippen LogP contribution in [0.25, 0.3) is 0 Å². The third kappa shape index (κ3) is 4.03. The number of carbonyl (C=O) groups excluding carboxylic acids is 2. The van der Waals surface area contributed by atoms with E-state index in [2.05, 4.69) is 5.32 Å². The van der Waals surface area contributed by atoms with E-state index in [0.29, 0.717) is 11.3 Å². The van der Waals surface area contributed by atoms with E-state index >= 15 is 0 Å². The predicted octanol–water partition coefficient (Wildman–Crippen LogP) is 2.47. The third-order valence-corrected chi connectivity index (χ3v) is 6.81. The lowest BCUT2D eigenvalue weighted by Crippen LogP contribution is -2.69. The summed E-state index contributed by atoms with van der Waals surface area (Å²) in [6, 6.07) is 15.2. The number of carbonyl (C=O) groups is 2. The highest BCUT2D eigenvalue weighted by molar-refractivity contribution is 8.00. The van der Waals surface area contributed by atoms with Gasteiger partial charge in [-0.15, -0.1) is 11.8 Å². The molecule has 2 saturated heterocycles. The highest BCUT2D eigenvalue weighted by Crippen LogP contribution is 2.44. The van der Waals surface area contributed by atoms with Gasteiger partial charge in [-0.2, -0.15) is 0 Å². The topological polar surface area (TPSA) is 102 Å². The molecule has 0 bridgehead atoms. The number of hydrogen-bond acceptors (Lipinski definition) is 7. The van der Waals surface area contributed by atoms with Crippen molar-refractivity contribution in [1.82, 2.24) is 10.2 Å². The molecular formula is C21H21N3O5S. The molecule has 2 aromatic carbocycles. The van der Waals surface area contributed by atoms with Crippen molar-refractivity contribution in [3.05, 3.63) is 75.8 Å².